The molecule has 0 aliphatic rings. The van der Waals surface area contributed by atoms with Gasteiger partial charge in [-0.25, -0.2) is 0 Å². The molecule has 0 aromatic carbocycles. The molecule has 0 aliphatic heterocycles. The van der Waals surface area contributed by atoms with E-state index in [1.807, 2.05) is 6.92 Å². The second kappa shape index (κ2) is 4.62. The molecule has 0 fully saturated rings. The molecule has 1 aromatic heterocycles. The first-order valence-corrected chi connectivity index (χ1v) is 5.17. The van der Waals surface area contributed by atoms with Crippen LogP contribution in [0.5, 0.6) is 0 Å². The van der Waals surface area contributed by atoms with Crippen molar-refractivity contribution in [3.05, 3.63) is 5.01 Å². The number of nitrogens with zero attached hydrogens (tertiary/aromatic N) is 2. The monoisotopic (exact) mass is 205 g/mol. The third-order valence-electron chi connectivity index (χ3n) is 1.39. The van der Waals surface area contributed by atoms with Crippen LogP contribution in [-0.2, 0) is 0 Å². The molecule has 1 unspecified atom stereocenters. The van der Waals surface area contributed by atoms with Gasteiger partial charge in [-0.1, -0.05) is 18.3 Å². The minimum Gasteiger partial charge on any atom is -0.360 e. The SMILES string of the molecule is Cc1nnc(NCC(C)CCl)s1. The molecule has 5 heteroatoms. The highest BCUT2D eigenvalue weighted by Crippen LogP contribution is 2.13. The first-order chi connectivity index (χ1) is 5.72. The molecule has 0 aliphatic carbocycles. The number of nitrogens with one attached hydrogen (secondary N) is 1. The molecule has 1 heterocycles. The third-order valence-corrected chi connectivity index (χ3v) is 2.71. The van der Waals surface area contributed by atoms with Crippen LogP contribution < -0.4 is 5.32 Å². The fourth-order valence-electron chi connectivity index (χ4n) is 0.684. The van der Waals surface area contributed by atoms with Gasteiger partial charge in [-0.2, -0.15) is 0 Å². The Bertz CT molecular complexity index is 238. The van der Waals surface area contributed by atoms with E-state index in [0.717, 1.165) is 16.7 Å². The highest BCUT2D eigenvalue weighted by Gasteiger charge is 2.02. The molecule has 0 amide bonds. The summed E-state index contributed by atoms with van der Waals surface area (Å²) in [5.41, 5.74) is 0. The zero-order valence-corrected chi connectivity index (χ0v) is 8.74. The van der Waals surface area contributed by atoms with Crippen molar-refractivity contribution in [2.75, 3.05) is 17.7 Å². The first-order valence-electron chi connectivity index (χ1n) is 3.82. The number of halogens is 1. The maximum Gasteiger partial charge on any atom is 0.205 e. The summed E-state index contributed by atoms with van der Waals surface area (Å²) < 4.78 is 0. The van der Waals surface area contributed by atoms with Gasteiger partial charge in [0.1, 0.15) is 5.01 Å². The van der Waals surface area contributed by atoms with Gasteiger partial charge in [-0.05, 0) is 12.8 Å². The van der Waals surface area contributed by atoms with Crippen LogP contribution in [0.3, 0.4) is 0 Å². The second-order valence-electron chi connectivity index (χ2n) is 2.77. The molecular weight excluding hydrogens is 194 g/mol. The number of anilines is 1. The smallest absolute Gasteiger partial charge is 0.205 e. The quantitative estimate of drug-likeness (QED) is 0.766. The number of hydrogen-bond acceptors (Lipinski definition) is 4. The van der Waals surface area contributed by atoms with Gasteiger partial charge in [-0.3, -0.25) is 0 Å². The molecule has 1 N–H and O–H groups in total. The van der Waals surface area contributed by atoms with Crippen molar-refractivity contribution in [1.29, 1.82) is 0 Å². The summed E-state index contributed by atoms with van der Waals surface area (Å²) in [7, 11) is 0. The molecule has 1 rings (SSSR count). The Labute approximate surface area is 81.2 Å². The highest BCUT2D eigenvalue weighted by atomic mass is 35.5. The summed E-state index contributed by atoms with van der Waals surface area (Å²) in [5, 5.41) is 12.9. The maximum atomic E-state index is 5.65. The summed E-state index contributed by atoms with van der Waals surface area (Å²) in [6.07, 6.45) is 0. The van der Waals surface area contributed by atoms with Crippen LogP contribution in [-0.4, -0.2) is 22.6 Å². The van der Waals surface area contributed by atoms with Gasteiger partial charge in [0.25, 0.3) is 0 Å². The molecule has 0 saturated heterocycles. The predicted molar refractivity (Wildman–Crippen MR) is 53.0 cm³/mol. The summed E-state index contributed by atoms with van der Waals surface area (Å²) in [4.78, 5) is 0. The van der Waals surface area contributed by atoms with E-state index in [4.69, 9.17) is 11.6 Å². The summed E-state index contributed by atoms with van der Waals surface area (Å²) in [5.74, 6) is 1.14. The van der Waals surface area contributed by atoms with E-state index in [0.29, 0.717) is 11.8 Å². The van der Waals surface area contributed by atoms with Gasteiger partial charge in [0.2, 0.25) is 5.13 Å². The molecule has 0 radical (unpaired) electrons. The van der Waals surface area contributed by atoms with Crippen LogP contribution in [0, 0.1) is 12.8 Å². The number of alkyl halides is 1. The Morgan fingerprint density at radius 3 is 2.83 bits per heavy atom. The number of aryl methyl sites for hydroxylation is 1. The van der Waals surface area contributed by atoms with Crippen molar-refractivity contribution in [3.8, 4) is 0 Å². The fourth-order valence-corrected chi connectivity index (χ4v) is 1.39. The number of hydrogen-bond donors (Lipinski definition) is 1. The van der Waals surface area contributed by atoms with Gasteiger partial charge in [0.05, 0.1) is 0 Å². The van der Waals surface area contributed by atoms with Crippen molar-refractivity contribution in [2.45, 2.75) is 13.8 Å². The Kier molecular flexibility index (Phi) is 3.75. The molecule has 0 saturated carbocycles. The zero-order chi connectivity index (χ0) is 8.97. The van der Waals surface area contributed by atoms with E-state index in [1.165, 1.54) is 0 Å². The van der Waals surface area contributed by atoms with Crippen molar-refractivity contribution in [3.63, 3.8) is 0 Å². The summed E-state index contributed by atoms with van der Waals surface area (Å²) in [6.45, 7) is 4.89. The van der Waals surface area contributed by atoms with Crippen LogP contribution in [0.25, 0.3) is 0 Å². The summed E-state index contributed by atoms with van der Waals surface area (Å²) >= 11 is 7.21. The van der Waals surface area contributed by atoms with Crippen LogP contribution in [0.15, 0.2) is 0 Å². The summed E-state index contributed by atoms with van der Waals surface area (Å²) in [6, 6.07) is 0. The van der Waals surface area contributed by atoms with Gasteiger partial charge in [0, 0.05) is 12.4 Å². The molecule has 1 aromatic rings. The standard InChI is InChI=1S/C7H12ClN3S/c1-5(3-8)4-9-7-11-10-6(2)12-7/h5H,3-4H2,1-2H3,(H,9,11). The number of rotatable bonds is 4. The predicted octanol–water partition coefficient (Wildman–Crippen LogP) is 2.13. The average Bonchev–Trinajstić information content (AvgIpc) is 2.47. The second-order valence-corrected chi connectivity index (χ2v) is 4.26. The first kappa shape index (κ1) is 9.74. The minimum absolute atomic E-state index is 0.468. The van der Waals surface area contributed by atoms with Crippen molar-refractivity contribution >= 4 is 28.1 Å². The molecule has 3 nitrogen and oxygen atoms in total. The van der Waals surface area contributed by atoms with Crippen LogP contribution in [0.2, 0.25) is 0 Å². The van der Waals surface area contributed by atoms with E-state index >= 15 is 0 Å². The lowest BCUT2D eigenvalue weighted by Crippen LogP contribution is -2.12. The van der Waals surface area contributed by atoms with Gasteiger partial charge in [-0.15, -0.1) is 21.8 Å². The van der Waals surface area contributed by atoms with Crippen LogP contribution >= 0.6 is 22.9 Å². The van der Waals surface area contributed by atoms with Gasteiger partial charge < -0.3 is 5.32 Å². The van der Waals surface area contributed by atoms with Crippen molar-refractivity contribution in [2.24, 2.45) is 5.92 Å². The molecule has 12 heavy (non-hydrogen) atoms. The van der Waals surface area contributed by atoms with Crippen LogP contribution in [0.1, 0.15) is 11.9 Å². The molecular formula is C7H12ClN3S. The molecule has 1 atom stereocenters. The van der Waals surface area contributed by atoms with Crippen molar-refractivity contribution in [1.82, 2.24) is 10.2 Å². The Balaban J connectivity index is 2.33. The largest absolute Gasteiger partial charge is 0.360 e. The highest BCUT2D eigenvalue weighted by molar-refractivity contribution is 7.15. The van der Waals surface area contributed by atoms with E-state index < -0.39 is 0 Å². The van der Waals surface area contributed by atoms with E-state index in [1.54, 1.807) is 11.3 Å². The van der Waals surface area contributed by atoms with E-state index in [2.05, 4.69) is 22.4 Å². The molecule has 0 bridgehead atoms. The lowest BCUT2D eigenvalue weighted by atomic mass is 10.2. The van der Waals surface area contributed by atoms with Gasteiger partial charge in [0.15, 0.2) is 0 Å². The molecule has 0 spiro atoms. The van der Waals surface area contributed by atoms with Gasteiger partial charge >= 0.3 is 0 Å². The van der Waals surface area contributed by atoms with E-state index in [-0.39, 0.29) is 0 Å². The Morgan fingerprint density at radius 2 is 2.33 bits per heavy atom. The Morgan fingerprint density at radius 1 is 1.58 bits per heavy atom. The third kappa shape index (κ3) is 2.95. The van der Waals surface area contributed by atoms with Crippen molar-refractivity contribution < 1.29 is 0 Å². The number of aromatic nitrogens is 2. The molecule has 68 valence electrons. The Hall–Kier alpha value is -0.350. The normalized spacial score (nSPS) is 12.9. The maximum absolute atomic E-state index is 5.65. The van der Waals surface area contributed by atoms with Crippen LogP contribution in [0.4, 0.5) is 5.13 Å². The zero-order valence-electron chi connectivity index (χ0n) is 7.17. The fraction of sp³-hybridized carbons (Fsp3) is 0.714. The minimum atomic E-state index is 0.468. The lowest BCUT2D eigenvalue weighted by molar-refractivity contribution is 0.695. The average molecular weight is 206 g/mol. The van der Waals surface area contributed by atoms with E-state index in [9.17, 15) is 0 Å². The topological polar surface area (TPSA) is 37.8 Å². The lowest BCUT2D eigenvalue weighted by Gasteiger charge is -2.06.